The molecule has 7 nitrogen and oxygen atoms in total. The van der Waals surface area contributed by atoms with Gasteiger partial charge in [-0.2, -0.15) is 0 Å². The van der Waals surface area contributed by atoms with Crippen molar-refractivity contribution in [1.29, 1.82) is 0 Å². The molecule has 4 aromatic rings. The lowest BCUT2D eigenvalue weighted by atomic mass is 9.85. The fourth-order valence-corrected chi connectivity index (χ4v) is 5.28. The van der Waals surface area contributed by atoms with Crippen LogP contribution in [0, 0.1) is 18.6 Å². The molecule has 3 heterocycles. The van der Waals surface area contributed by atoms with Crippen LogP contribution in [0.4, 0.5) is 8.78 Å². The molecular weight excluding hydrogens is 516 g/mol. The molecule has 0 aliphatic carbocycles. The maximum Gasteiger partial charge on any atom is 0.248 e. The Labute approximate surface area is 231 Å². The minimum atomic E-state index is -1.51. The molecule has 208 valence electrons. The van der Waals surface area contributed by atoms with Gasteiger partial charge in [-0.25, -0.2) is 18.7 Å². The Morgan fingerprint density at radius 3 is 2.48 bits per heavy atom. The third-order valence-electron chi connectivity index (χ3n) is 7.44. The summed E-state index contributed by atoms with van der Waals surface area (Å²) in [6, 6.07) is 12.1. The quantitative estimate of drug-likeness (QED) is 0.318. The van der Waals surface area contributed by atoms with E-state index in [0.29, 0.717) is 52.9 Å². The average molecular weight is 548 g/mol. The summed E-state index contributed by atoms with van der Waals surface area (Å²) in [5.74, 6) is -1.28. The molecule has 40 heavy (non-hydrogen) atoms. The predicted molar refractivity (Wildman–Crippen MR) is 147 cm³/mol. The number of aromatic nitrogens is 2. The maximum absolute atomic E-state index is 15.8. The van der Waals surface area contributed by atoms with Crippen LogP contribution in [0.1, 0.15) is 59.6 Å². The van der Waals surface area contributed by atoms with Crippen LogP contribution >= 0.6 is 0 Å². The Bertz CT molecular complexity index is 1610. The number of hydrogen-bond donors (Lipinski definition) is 2. The molecule has 1 aliphatic rings. The molecule has 2 aromatic heterocycles. The Morgan fingerprint density at radius 1 is 1.15 bits per heavy atom. The lowest BCUT2D eigenvalue weighted by Gasteiger charge is -2.31. The molecule has 5 rings (SSSR count). The molecule has 1 aliphatic heterocycles. The number of ether oxygens (including phenoxy) is 2. The standard InChI is InChI=1S/C31H31F2N3O4/c1-17-12-19-13-20(29(34)37)14-24(39-4)27(19)35-23(17)16-31(10-5-11-40-31)25-15-22(30(2,3)38)26(33)28(36-25)18-6-8-21(32)9-7-18/h6-9,12-15,38H,5,10-11,16H2,1-4H3,(H2,34,37). The number of carbonyl (C=O) groups excluding carboxylic acids is 1. The summed E-state index contributed by atoms with van der Waals surface area (Å²) in [5, 5.41) is 11.6. The van der Waals surface area contributed by atoms with Crippen molar-refractivity contribution in [1.82, 2.24) is 9.97 Å². The van der Waals surface area contributed by atoms with Gasteiger partial charge in [0.25, 0.3) is 0 Å². The van der Waals surface area contributed by atoms with Gasteiger partial charge in [-0.05, 0) is 87.7 Å². The van der Waals surface area contributed by atoms with E-state index in [0.717, 1.165) is 17.7 Å². The highest BCUT2D eigenvalue weighted by molar-refractivity contribution is 5.99. The molecule has 1 fully saturated rings. The van der Waals surface area contributed by atoms with E-state index >= 15 is 4.39 Å². The highest BCUT2D eigenvalue weighted by Gasteiger charge is 2.41. The SMILES string of the molecule is COc1cc(C(N)=O)cc2cc(C)c(CC3(c4cc(C(C)(C)O)c(F)c(-c5ccc(F)cc5)n4)CCCO3)nc12. The van der Waals surface area contributed by atoms with E-state index in [2.05, 4.69) is 0 Å². The van der Waals surface area contributed by atoms with Crippen LogP contribution in [-0.4, -0.2) is 34.7 Å². The highest BCUT2D eigenvalue weighted by Crippen LogP contribution is 2.42. The second-order valence-corrected chi connectivity index (χ2v) is 10.8. The van der Waals surface area contributed by atoms with Crippen LogP contribution in [-0.2, 0) is 22.4 Å². The molecule has 1 amide bonds. The molecule has 3 N–H and O–H groups in total. The van der Waals surface area contributed by atoms with Crippen molar-refractivity contribution in [3.63, 3.8) is 0 Å². The van der Waals surface area contributed by atoms with Gasteiger partial charge >= 0.3 is 0 Å². The number of amides is 1. The van der Waals surface area contributed by atoms with Crippen molar-refractivity contribution < 1.29 is 28.2 Å². The average Bonchev–Trinajstić information content (AvgIpc) is 3.38. The number of rotatable bonds is 7. The number of nitrogens with zero attached hydrogens (tertiary/aromatic N) is 2. The second-order valence-electron chi connectivity index (χ2n) is 10.8. The fourth-order valence-electron chi connectivity index (χ4n) is 5.28. The number of primary amides is 1. The summed E-state index contributed by atoms with van der Waals surface area (Å²) in [7, 11) is 1.50. The number of fused-ring (bicyclic) bond motifs is 1. The van der Waals surface area contributed by atoms with Crippen molar-refractivity contribution in [2.45, 2.75) is 51.2 Å². The number of nitrogens with two attached hydrogens (primary N) is 1. The van der Waals surface area contributed by atoms with E-state index in [1.165, 1.54) is 45.2 Å². The summed E-state index contributed by atoms with van der Waals surface area (Å²) in [4.78, 5) is 21.4. The highest BCUT2D eigenvalue weighted by atomic mass is 19.1. The molecule has 0 saturated carbocycles. The van der Waals surface area contributed by atoms with Crippen molar-refractivity contribution in [2.75, 3.05) is 13.7 Å². The van der Waals surface area contributed by atoms with Crippen molar-refractivity contribution >= 4 is 16.8 Å². The van der Waals surface area contributed by atoms with Crippen LogP contribution in [0.15, 0.2) is 48.5 Å². The zero-order valence-electron chi connectivity index (χ0n) is 22.8. The summed E-state index contributed by atoms with van der Waals surface area (Å²) >= 11 is 0. The van der Waals surface area contributed by atoms with Crippen LogP contribution in [0.5, 0.6) is 5.75 Å². The predicted octanol–water partition coefficient (Wildman–Crippen LogP) is 5.47. The minimum Gasteiger partial charge on any atom is -0.494 e. The number of halogens is 2. The number of aryl methyl sites for hydroxylation is 1. The molecule has 2 aromatic carbocycles. The van der Waals surface area contributed by atoms with E-state index in [9.17, 15) is 14.3 Å². The van der Waals surface area contributed by atoms with Gasteiger partial charge in [0.05, 0.1) is 18.4 Å². The smallest absolute Gasteiger partial charge is 0.248 e. The van der Waals surface area contributed by atoms with Gasteiger partial charge < -0.3 is 20.3 Å². The number of carbonyl (C=O) groups is 1. The molecule has 1 atom stereocenters. The van der Waals surface area contributed by atoms with E-state index in [4.69, 9.17) is 25.2 Å². The molecule has 0 bridgehead atoms. The lowest BCUT2D eigenvalue weighted by molar-refractivity contribution is -0.00461. The number of hydrogen-bond acceptors (Lipinski definition) is 6. The van der Waals surface area contributed by atoms with E-state index < -0.39 is 28.7 Å². The molecular formula is C31H31F2N3O4. The van der Waals surface area contributed by atoms with Crippen LogP contribution in [0.25, 0.3) is 22.2 Å². The summed E-state index contributed by atoms with van der Waals surface area (Å²) in [6.07, 6.45) is 1.67. The van der Waals surface area contributed by atoms with E-state index in [1.54, 1.807) is 18.2 Å². The molecule has 0 radical (unpaired) electrons. The fraction of sp³-hybridized carbons (Fsp3) is 0.323. The van der Waals surface area contributed by atoms with Crippen molar-refractivity contribution in [2.24, 2.45) is 5.73 Å². The van der Waals surface area contributed by atoms with Gasteiger partial charge in [-0.3, -0.25) is 4.79 Å². The first-order valence-corrected chi connectivity index (χ1v) is 13.0. The first kappa shape index (κ1) is 27.6. The number of pyridine rings is 2. The van der Waals surface area contributed by atoms with Crippen LogP contribution in [0.2, 0.25) is 0 Å². The number of aliphatic hydroxyl groups is 1. The third-order valence-corrected chi connectivity index (χ3v) is 7.44. The minimum absolute atomic E-state index is 0.00772. The first-order chi connectivity index (χ1) is 18.9. The second kappa shape index (κ2) is 10.2. The normalized spacial score (nSPS) is 17.4. The molecule has 9 heteroatoms. The maximum atomic E-state index is 15.8. The Kier molecular flexibility index (Phi) is 7.06. The van der Waals surface area contributed by atoms with Gasteiger partial charge in [-0.1, -0.05) is 0 Å². The number of methoxy groups -OCH3 is 1. The molecule has 1 unspecified atom stereocenters. The lowest BCUT2D eigenvalue weighted by Crippen LogP contribution is -2.32. The van der Waals surface area contributed by atoms with Crippen molar-refractivity contribution in [3.8, 4) is 17.0 Å². The summed E-state index contributed by atoms with van der Waals surface area (Å²) < 4.78 is 41.3. The largest absolute Gasteiger partial charge is 0.494 e. The monoisotopic (exact) mass is 547 g/mol. The van der Waals surface area contributed by atoms with Gasteiger partial charge in [0.15, 0.2) is 5.82 Å². The summed E-state index contributed by atoms with van der Waals surface area (Å²) in [5.41, 5.74) is 6.41. The third kappa shape index (κ3) is 5.02. The Balaban J connectivity index is 1.67. The van der Waals surface area contributed by atoms with E-state index in [-0.39, 0.29) is 11.3 Å². The topological polar surface area (TPSA) is 108 Å². The summed E-state index contributed by atoms with van der Waals surface area (Å²) in [6.45, 7) is 5.40. The zero-order chi connectivity index (χ0) is 28.8. The van der Waals surface area contributed by atoms with Crippen LogP contribution < -0.4 is 10.5 Å². The molecule has 1 saturated heterocycles. The van der Waals surface area contributed by atoms with Gasteiger partial charge in [-0.15, -0.1) is 0 Å². The zero-order valence-corrected chi connectivity index (χ0v) is 22.8. The Morgan fingerprint density at radius 2 is 1.88 bits per heavy atom. The van der Waals surface area contributed by atoms with E-state index in [1.807, 2.05) is 13.0 Å². The van der Waals surface area contributed by atoms with Crippen LogP contribution in [0.3, 0.4) is 0 Å². The number of benzene rings is 2. The van der Waals surface area contributed by atoms with Gasteiger partial charge in [0.1, 0.15) is 28.4 Å². The molecule has 0 spiro atoms. The first-order valence-electron chi connectivity index (χ1n) is 13.0. The van der Waals surface area contributed by atoms with Gasteiger partial charge in [0.2, 0.25) is 5.91 Å². The van der Waals surface area contributed by atoms with Gasteiger partial charge in [0, 0.05) is 40.8 Å². The van der Waals surface area contributed by atoms with Crippen molar-refractivity contribution in [3.05, 3.63) is 88.2 Å². The Hall–Kier alpha value is -3.95.